The molecule has 6 nitrogen and oxygen atoms in total. The van der Waals surface area contributed by atoms with Gasteiger partial charge in [-0.3, -0.25) is 4.79 Å². The van der Waals surface area contributed by atoms with Crippen LogP contribution in [0.5, 0.6) is 0 Å². The number of nitrogens with one attached hydrogen (secondary N) is 1. The van der Waals surface area contributed by atoms with E-state index < -0.39 is 10.0 Å². The Kier molecular flexibility index (Phi) is 7.32. The van der Waals surface area contributed by atoms with Crippen LogP contribution in [0.1, 0.15) is 16.7 Å². The van der Waals surface area contributed by atoms with Crippen molar-refractivity contribution in [1.29, 1.82) is 0 Å². The van der Waals surface area contributed by atoms with Gasteiger partial charge in [-0.15, -0.1) is 0 Å². The number of hydrogen-bond acceptors (Lipinski definition) is 4. The molecule has 0 heterocycles. The van der Waals surface area contributed by atoms with Gasteiger partial charge in [0.25, 0.3) is 0 Å². The zero-order chi connectivity index (χ0) is 19.0. The first-order valence-corrected chi connectivity index (χ1v) is 10.1. The Labute approximate surface area is 154 Å². The minimum Gasteiger partial charge on any atom is -0.372 e. The molecule has 7 heteroatoms. The van der Waals surface area contributed by atoms with E-state index in [1.807, 2.05) is 54.6 Å². The van der Waals surface area contributed by atoms with Gasteiger partial charge in [0.2, 0.25) is 15.9 Å². The van der Waals surface area contributed by atoms with E-state index >= 15 is 0 Å². The maximum Gasteiger partial charge on any atom is 0.235 e. The molecule has 140 valence electrons. The monoisotopic (exact) mass is 376 g/mol. The number of likely N-dealkylation sites (N-methyl/N-ethyl adjacent to an activating group) is 1. The van der Waals surface area contributed by atoms with E-state index in [1.54, 1.807) is 0 Å². The van der Waals surface area contributed by atoms with E-state index in [-0.39, 0.29) is 12.5 Å². The van der Waals surface area contributed by atoms with Gasteiger partial charge in [0.15, 0.2) is 0 Å². The van der Waals surface area contributed by atoms with E-state index in [9.17, 15) is 13.2 Å². The quantitative estimate of drug-likeness (QED) is 0.725. The third-order valence-corrected chi connectivity index (χ3v) is 5.16. The third kappa shape index (κ3) is 6.59. The van der Waals surface area contributed by atoms with Crippen LogP contribution in [0.3, 0.4) is 0 Å². The largest absolute Gasteiger partial charge is 0.372 e. The van der Waals surface area contributed by atoms with Gasteiger partial charge in [0.1, 0.15) is 0 Å². The molecule has 2 rings (SSSR count). The van der Waals surface area contributed by atoms with Gasteiger partial charge in [-0.1, -0.05) is 54.6 Å². The fourth-order valence-corrected chi connectivity index (χ4v) is 2.64. The average molecular weight is 376 g/mol. The van der Waals surface area contributed by atoms with Crippen molar-refractivity contribution in [2.24, 2.45) is 0 Å². The molecular formula is C19H24N2O4S. The summed E-state index contributed by atoms with van der Waals surface area (Å²) in [5.74, 6) is -0.349. The molecule has 26 heavy (non-hydrogen) atoms. The molecule has 1 amide bonds. The summed E-state index contributed by atoms with van der Waals surface area (Å²) >= 11 is 0. The normalized spacial score (nSPS) is 11.5. The Morgan fingerprint density at radius 1 is 1.00 bits per heavy atom. The van der Waals surface area contributed by atoms with Crippen molar-refractivity contribution in [2.45, 2.75) is 19.8 Å². The highest BCUT2D eigenvalue weighted by Gasteiger charge is 2.15. The molecule has 0 atom stereocenters. The second kappa shape index (κ2) is 9.47. The summed E-state index contributed by atoms with van der Waals surface area (Å²) in [7, 11) is -2.00. The summed E-state index contributed by atoms with van der Waals surface area (Å²) in [5, 5.41) is 2.75. The molecule has 0 unspecified atom stereocenters. The molecule has 0 aliphatic heterocycles. The van der Waals surface area contributed by atoms with Gasteiger partial charge >= 0.3 is 0 Å². The first-order valence-electron chi connectivity index (χ1n) is 8.22. The molecule has 2 aromatic rings. The zero-order valence-electron chi connectivity index (χ0n) is 15.0. The third-order valence-electron chi connectivity index (χ3n) is 3.90. The molecule has 0 aliphatic carbocycles. The molecule has 0 radical (unpaired) electrons. The second-order valence-electron chi connectivity index (χ2n) is 6.04. The number of sulfonamides is 1. The lowest BCUT2D eigenvalue weighted by molar-refractivity contribution is -0.121. The number of carbonyl (C=O) groups excluding carboxylic acids is 1. The van der Waals surface area contributed by atoms with Crippen LogP contribution in [0.25, 0.3) is 0 Å². The van der Waals surface area contributed by atoms with E-state index in [4.69, 9.17) is 4.74 Å². The highest BCUT2D eigenvalue weighted by Crippen LogP contribution is 2.11. The molecular weight excluding hydrogens is 352 g/mol. The molecule has 1 N–H and O–H groups in total. The van der Waals surface area contributed by atoms with Gasteiger partial charge in [0, 0.05) is 13.6 Å². The minimum atomic E-state index is -3.37. The van der Waals surface area contributed by atoms with Gasteiger partial charge in [-0.05, 0) is 16.7 Å². The predicted octanol–water partition coefficient (Wildman–Crippen LogP) is 1.91. The van der Waals surface area contributed by atoms with Crippen molar-refractivity contribution < 1.29 is 17.9 Å². The molecule has 2 aromatic carbocycles. The minimum absolute atomic E-state index is 0.203. The van der Waals surface area contributed by atoms with Gasteiger partial charge in [0.05, 0.1) is 26.0 Å². The Balaban J connectivity index is 1.87. The van der Waals surface area contributed by atoms with Crippen LogP contribution in [0.4, 0.5) is 0 Å². The Hall–Kier alpha value is -2.22. The number of ether oxygens (including phenoxy) is 1. The van der Waals surface area contributed by atoms with Crippen LogP contribution in [-0.4, -0.2) is 38.5 Å². The van der Waals surface area contributed by atoms with E-state index in [1.165, 1.54) is 7.05 Å². The molecule has 0 fully saturated rings. The number of rotatable bonds is 9. The molecule has 0 aliphatic rings. The molecule has 0 spiro atoms. The van der Waals surface area contributed by atoms with Crippen molar-refractivity contribution >= 4 is 15.9 Å². The summed E-state index contributed by atoms with van der Waals surface area (Å²) in [5.41, 5.74) is 3.03. The van der Waals surface area contributed by atoms with Crippen LogP contribution in [0, 0.1) is 0 Å². The van der Waals surface area contributed by atoms with Crippen LogP contribution in [0.15, 0.2) is 54.6 Å². The number of carbonyl (C=O) groups is 1. The summed E-state index contributed by atoms with van der Waals surface area (Å²) in [6.07, 6.45) is 1.07. The van der Waals surface area contributed by atoms with Crippen molar-refractivity contribution in [3.05, 3.63) is 71.3 Å². The lowest BCUT2D eigenvalue weighted by atomic mass is 10.1. The fourth-order valence-electron chi connectivity index (χ4n) is 2.29. The highest BCUT2D eigenvalue weighted by atomic mass is 32.2. The average Bonchev–Trinajstić information content (AvgIpc) is 2.61. The second-order valence-corrected chi connectivity index (χ2v) is 8.13. The highest BCUT2D eigenvalue weighted by molar-refractivity contribution is 7.88. The van der Waals surface area contributed by atoms with Gasteiger partial charge < -0.3 is 10.1 Å². The van der Waals surface area contributed by atoms with Crippen molar-refractivity contribution in [3.8, 4) is 0 Å². The fraction of sp³-hybridized carbons (Fsp3) is 0.316. The Morgan fingerprint density at radius 3 is 2.27 bits per heavy atom. The maximum atomic E-state index is 11.9. The molecule has 0 saturated carbocycles. The first kappa shape index (κ1) is 20.1. The van der Waals surface area contributed by atoms with Crippen LogP contribution >= 0.6 is 0 Å². The first-order chi connectivity index (χ1) is 12.4. The maximum absolute atomic E-state index is 11.9. The van der Waals surface area contributed by atoms with Gasteiger partial charge in [-0.2, -0.15) is 4.31 Å². The van der Waals surface area contributed by atoms with E-state index in [0.29, 0.717) is 19.8 Å². The Bertz CT molecular complexity index is 822. The van der Waals surface area contributed by atoms with Crippen LogP contribution in [-0.2, 0) is 39.3 Å². The van der Waals surface area contributed by atoms with Crippen LogP contribution < -0.4 is 5.32 Å². The predicted molar refractivity (Wildman–Crippen MR) is 101 cm³/mol. The van der Waals surface area contributed by atoms with E-state index in [2.05, 4.69) is 5.32 Å². The van der Waals surface area contributed by atoms with Crippen LogP contribution in [0.2, 0.25) is 0 Å². The SMILES string of the molecule is CN(CC(=O)NCc1ccccc1COCc1ccccc1)S(C)(=O)=O. The standard InChI is InChI=1S/C19H24N2O4S/c1-21(26(2,23)24)13-19(22)20-12-17-10-6-7-11-18(17)15-25-14-16-8-4-3-5-9-16/h3-11H,12-15H2,1-2H3,(H,20,22). The molecule has 0 bridgehead atoms. The van der Waals surface area contributed by atoms with Crippen molar-refractivity contribution in [3.63, 3.8) is 0 Å². The summed E-state index contributed by atoms with van der Waals surface area (Å²) in [6, 6.07) is 17.6. The summed E-state index contributed by atoms with van der Waals surface area (Å²) < 4.78 is 29.5. The number of amides is 1. The molecule has 0 aromatic heterocycles. The summed E-state index contributed by atoms with van der Waals surface area (Å²) in [4.78, 5) is 11.9. The number of hydrogen-bond donors (Lipinski definition) is 1. The number of benzene rings is 2. The molecule has 0 saturated heterocycles. The van der Waals surface area contributed by atoms with Crippen molar-refractivity contribution in [1.82, 2.24) is 9.62 Å². The lowest BCUT2D eigenvalue weighted by Crippen LogP contribution is -2.37. The van der Waals surface area contributed by atoms with Crippen molar-refractivity contribution in [2.75, 3.05) is 19.8 Å². The Morgan fingerprint density at radius 2 is 1.62 bits per heavy atom. The van der Waals surface area contributed by atoms with E-state index in [0.717, 1.165) is 27.3 Å². The summed E-state index contributed by atoms with van der Waals surface area (Å²) in [6.45, 7) is 1.07. The zero-order valence-corrected chi connectivity index (χ0v) is 15.8. The smallest absolute Gasteiger partial charge is 0.235 e. The van der Waals surface area contributed by atoms with Gasteiger partial charge in [-0.25, -0.2) is 8.42 Å². The lowest BCUT2D eigenvalue weighted by Gasteiger charge is -2.15. The topological polar surface area (TPSA) is 75.7 Å². The number of nitrogens with zero attached hydrogens (tertiary/aromatic N) is 1.